The Balaban J connectivity index is 1.74. The van der Waals surface area contributed by atoms with Crippen molar-refractivity contribution in [3.8, 4) is 11.5 Å². The first-order valence-corrected chi connectivity index (χ1v) is 9.76. The van der Waals surface area contributed by atoms with Crippen molar-refractivity contribution >= 4 is 57.7 Å². The highest BCUT2D eigenvalue weighted by molar-refractivity contribution is 14.1. The Morgan fingerprint density at radius 2 is 1.96 bits per heavy atom. The number of carbonyl (C=O) groups excluding carboxylic acids is 1. The van der Waals surface area contributed by atoms with Crippen molar-refractivity contribution < 1.29 is 14.3 Å². The lowest BCUT2D eigenvalue weighted by atomic mass is 10.1. The molecule has 2 heterocycles. The Bertz CT molecular complexity index is 814. The molecule has 3 rings (SSSR count). The van der Waals surface area contributed by atoms with Crippen molar-refractivity contribution in [1.29, 1.82) is 0 Å². The maximum Gasteiger partial charge on any atom is 0.404 e. The third-order valence-electron chi connectivity index (χ3n) is 3.97. The van der Waals surface area contributed by atoms with Crippen molar-refractivity contribution in [2.75, 3.05) is 18.0 Å². The second-order valence-electron chi connectivity index (χ2n) is 5.75. The Labute approximate surface area is 174 Å². The van der Waals surface area contributed by atoms with Crippen LogP contribution in [0.25, 0.3) is 0 Å². The summed E-state index contributed by atoms with van der Waals surface area (Å²) < 4.78 is 11.9. The van der Waals surface area contributed by atoms with Gasteiger partial charge in [-0.05, 0) is 40.8 Å². The Kier molecular flexibility index (Phi) is 6.31. The lowest BCUT2D eigenvalue weighted by molar-refractivity contribution is 0.0911. The number of nitrogens with zero attached hydrogens (tertiary/aromatic N) is 2. The molecule has 0 saturated carbocycles. The standard InChI is InChI=1S/C17H16Cl2IN3O3/c18-12-9-10(20)1-2-13(12)26-14-3-6-22-16(15(14)19)23-7-4-11(5-8-23)25-17(21)24/h1-3,6,9,11H,4-5,7-8H2,(H2,21,24). The van der Waals surface area contributed by atoms with E-state index < -0.39 is 6.09 Å². The summed E-state index contributed by atoms with van der Waals surface area (Å²) in [6.45, 7) is 1.30. The predicted octanol–water partition coefficient (Wildman–Crippen LogP) is 4.85. The second-order valence-corrected chi connectivity index (χ2v) is 7.78. The third kappa shape index (κ3) is 4.63. The van der Waals surface area contributed by atoms with Crippen molar-refractivity contribution in [2.24, 2.45) is 5.73 Å². The van der Waals surface area contributed by atoms with Crippen molar-refractivity contribution in [2.45, 2.75) is 18.9 Å². The highest BCUT2D eigenvalue weighted by atomic mass is 127. The molecule has 0 aliphatic carbocycles. The number of benzene rings is 1. The van der Waals surface area contributed by atoms with Crippen LogP contribution >= 0.6 is 45.8 Å². The van der Waals surface area contributed by atoms with Crippen LogP contribution in [0.2, 0.25) is 10.0 Å². The van der Waals surface area contributed by atoms with Gasteiger partial charge < -0.3 is 20.1 Å². The Morgan fingerprint density at radius 3 is 2.62 bits per heavy atom. The van der Waals surface area contributed by atoms with Gasteiger partial charge in [0, 0.05) is 41.8 Å². The number of hydrogen-bond donors (Lipinski definition) is 1. The number of rotatable bonds is 4. The summed E-state index contributed by atoms with van der Waals surface area (Å²) in [4.78, 5) is 17.3. The molecule has 1 fully saturated rings. The first-order valence-electron chi connectivity index (χ1n) is 7.92. The quantitative estimate of drug-likeness (QED) is 0.598. The summed E-state index contributed by atoms with van der Waals surface area (Å²) in [6.07, 6.45) is 2.05. The van der Waals surface area contributed by atoms with E-state index in [0.29, 0.717) is 53.3 Å². The molecule has 0 bridgehead atoms. The van der Waals surface area contributed by atoms with Gasteiger partial charge in [-0.25, -0.2) is 9.78 Å². The summed E-state index contributed by atoms with van der Waals surface area (Å²) >= 11 is 14.9. The largest absolute Gasteiger partial charge is 0.454 e. The van der Waals surface area contributed by atoms with Crippen LogP contribution in [-0.4, -0.2) is 30.3 Å². The fraction of sp³-hybridized carbons (Fsp3) is 0.294. The highest BCUT2D eigenvalue weighted by Gasteiger charge is 2.25. The van der Waals surface area contributed by atoms with Gasteiger partial charge in [0.15, 0.2) is 11.6 Å². The molecule has 0 atom stereocenters. The van der Waals surface area contributed by atoms with E-state index >= 15 is 0 Å². The van der Waals surface area contributed by atoms with E-state index in [9.17, 15) is 4.79 Å². The lowest BCUT2D eigenvalue weighted by Crippen LogP contribution is -2.39. The minimum Gasteiger partial charge on any atom is -0.454 e. The Morgan fingerprint density at radius 1 is 1.23 bits per heavy atom. The summed E-state index contributed by atoms with van der Waals surface area (Å²) in [6, 6.07) is 7.22. The summed E-state index contributed by atoms with van der Waals surface area (Å²) in [5.41, 5.74) is 5.07. The predicted molar refractivity (Wildman–Crippen MR) is 109 cm³/mol. The van der Waals surface area contributed by atoms with Crippen LogP contribution in [0, 0.1) is 3.57 Å². The van der Waals surface area contributed by atoms with Crippen LogP contribution in [0.5, 0.6) is 11.5 Å². The zero-order valence-electron chi connectivity index (χ0n) is 13.6. The molecule has 0 unspecified atom stereocenters. The minimum atomic E-state index is -0.746. The first kappa shape index (κ1) is 19.3. The molecular formula is C17H16Cl2IN3O3. The number of aromatic nitrogens is 1. The van der Waals surface area contributed by atoms with Crippen LogP contribution in [-0.2, 0) is 4.74 Å². The molecular weight excluding hydrogens is 492 g/mol. The van der Waals surface area contributed by atoms with Crippen molar-refractivity contribution in [1.82, 2.24) is 4.98 Å². The van der Waals surface area contributed by atoms with E-state index in [1.807, 2.05) is 17.0 Å². The second kappa shape index (κ2) is 8.49. The third-order valence-corrected chi connectivity index (χ3v) is 5.30. The fourth-order valence-corrected chi connectivity index (χ4v) is 3.91. The molecule has 1 aromatic heterocycles. The summed E-state index contributed by atoms with van der Waals surface area (Å²) in [5, 5.41) is 0.923. The van der Waals surface area contributed by atoms with E-state index in [2.05, 4.69) is 27.6 Å². The summed E-state index contributed by atoms with van der Waals surface area (Å²) in [7, 11) is 0. The molecule has 1 saturated heterocycles. The van der Waals surface area contributed by atoms with E-state index in [0.717, 1.165) is 3.57 Å². The summed E-state index contributed by atoms with van der Waals surface area (Å²) in [5.74, 6) is 1.64. The Hall–Kier alpha value is -1.45. The molecule has 2 aromatic rings. The molecule has 9 heteroatoms. The fourth-order valence-electron chi connectivity index (χ4n) is 2.74. The number of primary amides is 1. The van der Waals surface area contributed by atoms with Gasteiger partial charge in [0.2, 0.25) is 0 Å². The topological polar surface area (TPSA) is 77.7 Å². The maximum absolute atomic E-state index is 10.9. The molecule has 1 aromatic carbocycles. The molecule has 1 aliphatic rings. The van der Waals surface area contributed by atoms with Crippen molar-refractivity contribution in [3.63, 3.8) is 0 Å². The van der Waals surface area contributed by atoms with E-state index in [-0.39, 0.29) is 6.10 Å². The monoisotopic (exact) mass is 507 g/mol. The number of carbonyl (C=O) groups is 1. The highest BCUT2D eigenvalue weighted by Crippen LogP contribution is 2.38. The molecule has 0 radical (unpaired) electrons. The van der Waals surface area contributed by atoms with Gasteiger partial charge in [0.1, 0.15) is 16.9 Å². The zero-order valence-corrected chi connectivity index (χ0v) is 17.3. The number of halogens is 3. The van der Waals surface area contributed by atoms with Gasteiger partial charge >= 0.3 is 6.09 Å². The molecule has 0 spiro atoms. The SMILES string of the molecule is NC(=O)OC1CCN(c2nccc(Oc3ccc(I)cc3Cl)c2Cl)CC1. The van der Waals surface area contributed by atoms with E-state index in [4.69, 9.17) is 38.4 Å². The molecule has 6 nitrogen and oxygen atoms in total. The van der Waals surface area contributed by atoms with Crippen LogP contribution in [0.1, 0.15) is 12.8 Å². The van der Waals surface area contributed by atoms with Crippen LogP contribution in [0.3, 0.4) is 0 Å². The van der Waals surface area contributed by atoms with Crippen LogP contribution in [0.4, 0.5) is 10.6 Å². The lowest BCUT2D eigenvalue weighted by Gasteiger charge is -2.32. The minimum absolute atomic E-state index is 0.174. The number of piperidine rings is 1. The zero-order chi connectivity index (χ0) is 18.7. The number of pyridine rings is 1. The smallest absolute Gasteiger partial charge is 0.404 e. The number of hydrogen-bond acceptors (Lipinski definition) is 5. The first-order chi connectivity index (χ1) is 12.4. The van der Waals surface area contributed by atoms with E-state index in [1.54, 1.807) is 18.3 Å². The number of nitrogens with two attached hydrogens (primary N) is 1. The van der Waals surface area contributed by atoms with Gasteiger partial charge in [-0.2, -0.15) is 0 Å². The van der Waals surface area contributed by atoms with Gasteiger partial charge in [0.05, 0.1) is 5.02 Å². The molecule has 138 valence electrons. The number of anilines is 1. The van der Waals surface area contributed by atoms with Crippen LogP contribution < -0.4 is 15.4 Å². The van der Waals surface area contributed by atoms with Crippen LogP contribution in [0.15, 0.2) is 30.5 Å². The van der Waals surface area contributed by atoms with Gasteiger partial charge in [-0.15, -0.1) is 0 Å². The number of ether oxygens (including phenoxy) is 2. The average Bonchev–Trinajstić information content (AvgIpc) is 2.59. The number of amides is 1. The van der Waals surface area contributed by atoms with Gasteiger partial charge in [0.25, 0.3) is 0 Å². The maximum atomic E-state index is 10.9. The average molecular weight is 508 g/mol. The molecule has 2 N–H and O–H groups in total. The molecule has 1 aliphatic heterocycles. The van der Waals surface area contributed by atoms with E-state index in [1.165, 1.54) is 0 Å². The van der Waals surface area contributed by atoms with Gasteiger partial charge in [-0.3, -0.25) is 0 Å². The molecule has 26 heavy (non-hydrogen) atoms. The van der Waals surface area contributed by atoms with Gasteiger partial charge in [-0.1, -0.05) is 23.2 Å². The normalized spacial score (nSPS) is 15.0. The van der Waals surface area contributed by atoms with Crippen molar-refractivity contribution in [3.05, 3.63) is 44.1 Å². The molecule has 1 amide bonds.